The highest BCUT2D eigenvalue weighted by atomic mass is 19.4. The molecule has 1 unspecified atom stereocenters. The zero-order valence-corrected chi connectivity index (χ0v) is 14.6. The highest BCUT2D eigenvalue weighted by molar-refractivity contribution is 5.90. The van der Waals surface area contributed by atoms with Gasteiger partial charge in [0.25, 0.3) is 0 Å². The predicted octanol–water partition coefficient (Wildman–Crippen LogP) is -0.328. The molecule has 26 heavy (non-hydrogen) atoms. The number of morpholine rings is 1. The van der Waals surface area contributed by atoms with Crippen LogP contribution in [0.1, 0.15) is 12.8 Å². The second kappa shape index (κ2) is 8.10. The second-order valence-electron chi connectivity index (χ2n) is 6.93. The van der Waals surface area contributed by atoms with E-state index in [1.165, 1.54) is 4.90 Å². The molecule has 0 radical (unpaired) electrons. The van der Waals surface area contributed by atoms with E-state index in [9.17, 15) is 22.8 Å². The summed E-state index contributed by atoms with van der Waals surface area (Å²) in [7, 11) is 0. The van der Waals surface area contributed by atoms with Gasteiger partial charge in [0.15, 0.2) is 0 Å². The maximum Gasteiger partial charge on any atom is 0.471 e. The molecule has 1 N–H and O–H groups in total. The van der Waals surface area contributed by atoms with Crippen molar-refractivity contribution in [1.29, 1.82) is 0 Å². The number of amides is 2. The predicted molar refractivity (Wildman–Crippen MR) is 86.4 cm³/mol. The Kier molecular flexibility index (Phi) is 6.03. The minimum atomic E-state index is -4.97. The SMILES string of the molecule is O=C(C1CN(C2CCNCC2)CCN1C(=O)C(F)(F)F)N1CCOCC1. The molecule has 0 aromatic heterocycles. The lowest BCUT2D eigenvalue weighted by Crippen LogP contribution is -2.65. The number of piperazine rings is 1. The first-order valence-electron chi connectivity index (χ1n) is 9.07. The van der Waals surface area contributed by atoms with Gasteiger partial charge in [-0.2, -0.15) is 13.2 Å². The van der Waals surface area contributed by atoms with Gasteiger partial charge in [-0.15, -0.1) is 0 Å². The van der Waals surface area contributed by atoms with E-state index in [0.29, 0.717) is 32.8 Å². The van der Waals surface area contributed by atoms with E-state index in [1.54, 1.807) is 0 Å². The van der Waals surface area contributed by atoms with Crippen LogP contribution in [0.3, 0.4) is 0 Å². The number of piperidine rings is 1. The fraction of sp³-hybridized carbons (Fsp3) is 0.875. The molecule has 3 aliphatic heterocycles. The average molecular weight is 378 g/mol. The zero-order valence-electron chi connectivity index (χ0n) is 14.6. The van der Waals surface area contributed by atoms with Gasteiger partial charge in [-0.05, 0) is 25.9 Å². The molecule has 0 aliphatic carbocycles. The van der Waals surface area contributed by atoms with Crippen molar-refractivity contribution >= 4 is 11.8 Å². The largest absolute Gasteiger partial charge is 0.471 e. The van der Waals surface area contributed by atoms with Crippen LogP contribution in [0.15, 0.2) is 0 Å². The molecule has 0 saturated carbocycles. The maximum atomic E-state index is 13.0. The Morgan fingerprint density at radius 1 is 1.00 bits per heavy atom. The molecular formula is C16H25F3N4O3. The van der Waals surface area contributed by atoms with Crippen molar-refractivity contribution in [3.8, 4) is 0 Å². The van der Waals surface area contributed by atoms with E-state index in [1.807, 2.05) is 0 Å². The summed E-state index contributed by atoms with van der Waals surface area (Å²) in [5, 5.41) is 3.26. The Labute approximate surface area is 150 Å². The summed E-state index contributed by atoms with van der Waals surface area (Å²) < 4.78 is 44.2. The average Bonchev–Trinajstić information content (AvgIpc) is 2.67. The fourth-order valence-electron chi connectivity index (χ4n) is 3.92. The molecule has 2 amide bonds. The number of carbonyl (C=O) groups excluding carboxylic acids is 2. The van der Waals surface area contributed by atoms with Crippen LogP contribution >= 0.6 is 0 Å². The topological polar surface area (TPSA) is 65.1 Å². The van der Waals surface area contributed by atoms with Gasteiger partial charge < -0.3 is 19.9 Å². The first-order valence-corrected chi connectivity index (χ1v) is 9.07. The zero-order chi connectivity index (χ0) is 18.7. The van der Waals surface area contributed by atoms with E-state index in [-0.39, 0.29) is 19.1 Å². The van der Waals surface area contributed by atoms with Crippen LogP contribution in [0.4, 0.5) is 13.2 Å². The lowest BCUT2D eigenvalue weighted by atomic mass is 10.0. The number of ether oxygens (including phenoxy) is 1. The number of halogens is 3. The van der Waals surface area contributed by atoms with Gasteiger partial charge in [0.2, 0.25) is 5.91 Å². The van der Waals surface area contributed by atoms with Crippen molar-refractivity contribution < 1.29 is 27.5 Å². The van der Waals surface area contributed by atoms with Crippen LogP contribution in [-0.2, 0) is 14.3 Å². The summed E-state index contributed by atoms with van der Waals surface area (Å²) >= 11 is 0. The van der Waals surface area contributed by atoms with Gasteiger partial charge >= 0.3 is 12.1 Å². The minimum Gasteiger partial charge on any atom is -0.378 e. The Bertz CT molecular complexity index is 519. The normalized spacial score (nSPS) is 26.8. The molecule has 3 fully saturated rings. The Morgan fingerprint density at radius 2 is 1.65 bits per heavy atom. The molecule has 7 nitrogen and oxygen atoms in total. The second-order valence-corrected chi connectivity index (χ2v) is 6.93. The van der Waals surface area contributed by atoms with Crippen LogP contribution in [0.2, 0.25) is 0 Å². The lowest BCUT2D eigenvalue weighted by molar-refractivity contribution is -0.192. The van der Waals surface area contributed by atoms with Crippen LogP contribution < -0.4 is 5.32 Å². The highest BCUT2D eigenvalue weighted by Gasteiger charge is 2.49. The van der Waals surface area contributed by atoms with Gasteiger partial charge in [-0.25, -0.2) is 0 Å². The molecule has 3 aliphatic rings. The third kappa shape index (κ3) is 4.29. The third-order valence-corrected chi connectivity index (χ3v) is 5.35. The first kappa shape index (κ1) is 19.4. The molecule has 1 atom stereocenters. The van der Waals surface area contributed by atoms with Gasteiger partial charge in [0.1, 0.15) is 6.04 Å². The molecular weight excluding hydrogens is 353 g/mol. The Balaban J connectivity index is 1.76. The van der Waals surface area contributed by atoms with Gasteiger partial charge in [0.05, 0.1) is 13.2 Å². The summed E-state index contributed by atoms with van der Waals surface area (Å²) in [5.74, 6) is -2.33. The van der Waals surface area contributed by atoms with Crippen LogP contribution in [0.25, 0.3) is 0 Å². The van der Waals surface area contributed by atoms with Gasteiger partial charge in [0, 0.05) is 38.8 Å². The summed E-state index contributed by atoms with van der Waals surface area (Å²) in [5.41, 5.74) is 0. The fourth-order valence-corrected chi connectivity index (χ4v) is 3.92. The molecule has 3 rings (SSSR count). The Hall–Kier alpha value is -1.39. The van der Waals surface area contributed by atoms with Gasteiger partial charge in [-0.3, -0.25) is 14.5 Å². The molecule has 3 saturated heterocycles. The number of hydrogen-bond donors (Lipinski definition) is 1. The lowest BCUT2D eigenvalue weighted by Gasteiger charge is -2.46. The smallest absolute Gasteiger partial charge is 0.378 e. The molecule has 148 valence electrons. The number of rotatable bonds is 2. The summed E-state index contributed by atoms with van der Waals surface area (Å²) in [6.07, 6.45) is -3.18. The number of nitrogens with zero attached hydrogens (tertiary/aromatic N) is 3. The van der Waals surface area contributed by atoms with E-state index < -0.39 is 24.0 Å². The summed E-state index contributed by atoms with van der Waals surface area (Å²) in [4.78, 5) is 29.1. The number of hydrogen-bond acceptors (Lipinski definition) is 5. The van der Waals surface area contributed by atoms with E-state index in [0.717, 1.165) is 30.8 Å². The number of carbonyl (C=O) groups is 2. The molecule has 0 spiro atoms. The maximum absolute atomic E-state index is 13.0. The quantitative estimate of drug-likeness (QED) is 0.713. The molecule has 0 aromatic carbocycles. The van der Waals surface area contributed by atoms with Crippen molar-refractivity contribution in [2.75, 3.05) is 59.0 Å². The molecule has 0 aromatic rings. The third-order valence-electron chi connectivity index (χ3n) is 5.35. The van der Waals surface area contributed by atoms with Gasteiger partial charge in [-0.1, -0.05) is 0 Å². The van der Waals surface area contributed by atoms with E-state index in [2.05, 4.69) is 10.2 Å². The van der Waals surface area contributed by atoms with E-state index >= 15 is 0 Å². The van der Waals surface area contributed by atoms with E-state index in [4.69, 9.17) is 4.74 Å². The summed E-state index contributed by atoms with van der Waals surface area (Å²) in [6.45, 7) is 3.56. The van der Waals surface area contributed by atoms with Crippen LogP contribution in [0, 0.1) is 0 Å². The van der Waals surface area contributed by atoms with Crippen LogP contribution in [-0.4, -0.2) is 104 Å². The standard InChI is InChI=1S/C16H25F3N4O3/c17-16(18,19)15(25)23-6-5-22(12-1-3-20-4-2-12)11-13(23)14(24)21-7-9-26-10-8-21/h12-13,20H,1-11H2. The molecule has 10 heteroatoms. The molecule has 3 heterocycles. The number of nitrogens with one attached hydrogen (secondary N) is 1. The van der Waals surface area contributed by atoms with Crippen LogP contribution in [0.5, 0.6) is 0 Å². The van der Waals surface area contributed by atoms with Crippen molar-refractivity contribution in [3.63, 3.8) is 0 Å². The molecule has 0 bridgehead atoms. The number of alkyl halides is 3. The Morgan fingerprint density at radius 3 is 2.27 bits per heavy atom. The van der Waals surface area contributed by atoms with Crippen molar-refractivity contribution in [1.82, 2.24) is 20.0 Å². The van der Waals surface area contributed by atoms with Crippen molar-refractivity contribution in [3.05, 3.63) is 0 Å². The minimum absolute atomic E-state index is 0.0803. The highest BCUT2D eigenvalue weighted by Crippen LogP contribution is 2.25. The first-order chi connectivity index (χ1) is 12.4. The van der Waals surface area contributed by atoms with Crippen molar-refractivity contribution in [2.24, 2.45) is 0 Å². The summed E-state index contributed by atoms with van der Waals surface area (Å²) in [6, 6.07) is -0.856. The monoisotopic (exact) mass is 378 g/mol. The van der Waals surface area contributed by atoms with Crippen molar-refractivity contribution in [2.45, 2.75) is 31.1 Å².